The fourth-order valence-electron chi connectivity index (χ4n) is 3.54. The number of aromatic nitrogens is 7. The molecule has 9 nitrogen and oxygen atoms in total. The summed E-state index contributed by atoms with van der Waals surface area (Å²) in [6.07, 6.45) is 1.98. The first kappa shape index (κ1) is 17.0. The summed E-state index contributed by atoms with van der Waals surface area (Å²) in [5.41, 5.74) is 1.50. The maximum atomic E-state index is 13.3. The van der Waals surface area contributed by atoms with Crippen molar-refractivity contribution in [2.24, 2.45) is 0 Å². The number of hydrogen-bond acceptors (Lipinski definition) is 6. The Morgan fingerprint density at radius 1 is 1.23 bits per heavy atom. The fourth-order valence-corrected chi connectivity index (χ4v) is 3.54. The lowest BCUT2D eigenvalue weighted by atomic mass is 10.0. The molecule has 1 aliphatic rings. The standard InChI is InChI=1S/C16H21FN8O/c1-26-9-8-24-16(19-20-22-24)11-23-6-4-13(5-7-23)25-15-3-2-12(17)10-14(15)18-21-25/h2-3,10,13H,4-9,11H2,1H3/p+1. The van der Waals surface area contributed by atoms with Crippen LogP contribution in [-0.4, -0.2) is 62.0 Å². The molecule has 1 aromatic carbocycles. The molecule has 10 heteroatoms. The lowest BCUT2D eigenvalue weighted by Gasteiger charge is -2.29. The molecular formula is C16H22FN8O+. The molecule has 1 N–H and O–H groups in total. The second kappa shape index (κ2) is 7.42. The Kier molecular flexibility index (Phi) is 4.85. The van der Waals surface area contributed by atoms with E-state index in [1.807, 2.05) is 9.36 Å². The lowest BCUT2D eigenvalue weighted by Crippen LogP contribution is -3.11. The molecule has 0 radical (unpaired) electrons. The molecule has 2 aromatic heterocycles. The Morgan fingerprint density at radius 2 is 2.08 bits per heavy atom. The molecule has 4 rings (SSSR count). The number of nitrogens with one attached hydrogen (secondary N) is 1. The van der Waals surface area contributed by atoms with Crippen LogP contribution in [0.5, 0.6) is 0 Å². The number of likely N-dealkylation sites (tertiary alicyclic amines) is 1. The highest BCUT2D eigenvalue weighted by Gasteiger charge is 2.26. The van der Waals surface area contributed by atoms with Gasteiger partial charge in [0.2, 0.25) is 5.82 Å². The topological polar surface area (TPSA) is 88.0 Å². The van der Waals surface area contributed by atoms with E-state index in [9.17, 15) is 4.39 Å². The number of nitrogens with zero attached hydrogens (tertiary/aromatic N) is 7. The molecule has 3 aromatic rings. The molecule has 0 unspecified atom stereocenters. The summed E-state index contributed by atoms with van der Waals surface area (Å²) in [7, 11) is 1.67. The summed E-state index contributed by atoms with van der Waals surface area (Å²) >= 11 is 0. The van der Waals surface area contributed by atoms with Crippen LogP contribution in [0.3, 0.4) is 0 Å². The van der Waals surface area contributed by atoms with Crippen molar-refractivity contribution < 1.29 is 14.0 Å². The largest absolute Gasteiger partial charge is 0.383 e. The van der Waals surface area contributed by atoms with Gasteiger partial charge in [-0.15, -0.1) is 10.2 Å². The monoisotopic (exact) mass is 361 g/mol. The minimum absolute atomic E-state index is 0.282. The highest BCUT2D eigenvalue weighted by Crippen LogP contribution is 2.22. The second-order valence-corrected chi connectivity index (χ2v) is 6.64. The van der Waals surface area contributed by atoms with Gasteiger partial charge in [0, 0.05) is 26.0 Å². The van der Waals surface area contributed by atoms with Gasteiger partial charge in [0.1, 0.15) is 17.9 Å². The number of tetrazole rings is 1. The molecule has 0 aliphatic carbocycles. The van der Waals surface area contributed by atoms with Gasteiger partial charge in [-0.2, -0.15) is 0 Å². The molecule has 0 amide bonds. The average molecular weight is 361 g/mol. The van der Waals surface area contributed by atoms with Crippen molar-refractivity contribution in [3.63, 3.8) is 0 Å². The van der Waals surface area contributed by atoms with Crippen LogP contribution < -0.4 is 4.90 Å². The van der Waals surface area contributed by atoms with Gasteiger partial charge in [-0.3, -0.25) is 0 Å². The van der Waals surface area contributed by atoms with Crippen LogP contribution in [0.2, 0.25) is 0 Å². The predicted octanol–water partition coefficient (Wildman–Crippen LogP) is -0.377. The van der Waals surface area contributed by atoms with Crippen molar-refractivity contribution in [3.8, 4) is 0 Å². The van der Waals surface area contributed by atoms with Gasteiger partial charge in [-0.25, -0.2) is 13.8 Å². The summed E-state index contributed by atoms with van der Waals surface area (Å²) in [5.74, 6) is 0.604. The van der Waals surface area contributed by atoms with Crippen molar-refractivity contribution in [1.82, 2.24) is 35.2 Å². The summed E-state index contributed by atoms with van der Waals surface area (Å²) in [6, 6.07) is 4.94. The van der Waals surface area contributed by atoms with E-state index in [2.05, 4.69) is 25.8 Å². The molecule has 0 saturated carbocycles. The van der Waals surface area contributed by atoms with Crippen LogP contribution in [-0.2, 0) is 17.8 Å². The van der Waals surface area contributed by atoms with Gasteiger partial charge in [-0.05, 0) is 22.6 Å². The number of halogens is 1. The molecule has 0 bridgehead atoms. The van der Waals surface area contributed by atoms with E-state index in [4.69, 9.17) is 4.74 Å². The predicted molar refractivity (Wildman–Crippen MR) is 89.9 cm³/mol. The van der Waals surface area contributed by atoms with Crippen molar-refractivity contribution in [3.05, 3.63) is 29.8 Å². The third-order valence-corrected chi connectivity index (χ3v) is 4.96. The number of quaternary nitrogens is 1. The zero-order valence-electron chi connectivity index (χ0n) is 14.7. The van der Waals surface area contributed by atoms with E-state index in [1.165, 1.54) is 17.0 Å². The molecule has 3 heterocycles. The summed E-state index contributed by atoms with van der Waals surface area (Å²) in [4.78, 5) is 1.45. The third-order valence-electron chi connectivity index (χ3n) is 4.96. The van der Waals surface area contributed by atoms with Crippen molar-refractivity contribution in [2.45, 2.75) is 32.0 Å². The Labute approximate surface area is 149 Å². The fraction of sp³-hybridized carbons (Fsp3) is 0.562. The number of hydrogen-bond donors (Lipinski definition) is 1. The van der Waals surface area contributed by atoms with Gasteiger partial charge in [0.15, 0.2) is 0 Å². The number of ether oxygens (including phenoxy) is 1. The minimum Gasteiger partial charge on any atom is -0.383 e. The number of benzene rings is 1. The number of rotatable bonds is 6. The lowest BCUT2D eigenvalue weighted by molar-refractivity contribution is -0.920. The van der Waals surface area contributed by atoms with Gasteiger partial charge in [-0.1, -0.05) is 5.21 Å². The van der Waals surface area contributed by atoms with Crippen LogP contribution in [0.15, 0.2) is 18.2 Å². The quantitative estimate of drug-likeness (QED) is 0.644. The molecule has 0 spiro atoms. The van der Waals surface area contributed by atoms with Crippen LogP contribution in [0.1, 0.15) is 24.7 Å². The van der Waals surface area contributed by atoms with E-state index in [0.29, 0.717) is 24.7 Å². The van der Waals surface area contributed by atoms with E-state index in [1.54, 1.807) is 13.2 Å². The first-order chi connectivity index (χ1) is 12.7. The summed E-state index contributed by atoms with van der Waals surface area (Å²) < 4.78 is 22.2. The zero-order chi connectivity index (χ0) is 17.9. The first-order valence-corrected chi connectivity index (χ1v) is 8.82. The molecule has 1 saturated heterocycles. The number of piperidine rings is 1. The Hall–Kier alpha value is -2.46. The van der Waals surface area contributed by atoms with E-state index in [-0.39, 0.29) is 5.82 Å². The molecule has 1 fully saturated rings. The van der Waals surface area contributed by atoms with E-state index >= 15 is 0 Å². The smallest absolute Gasteiger partial charge is 0.206 e. The number of fused-ring (bicyclic) bond motifs is 1. The molecule has 26 heavy (non-hydrogen) atoms. The molecule has 138 valence electrons. The van der Waals surface area contributed by atoms with Crippen molar-refractivity contribution in [2.75, 3.05) is 26.8 Å². The van der Waals surface area contributed by atoms with E-state index < -0.39 is 0 Å². The van der Waals surface area contributed by atoms with Crippen LogP contribution in [0, 0.1) is 5.82 Å². The average Bonchev–Trinajstić information content (AvgIpc) is 3.27. The highest BCUT2D eigenvalue weighted by molar-refractivity contribution is 5.74. The van der Waals surface area contributed by atoms with Gasteiger partial charge in [0.05, 0.1) is 37.8 Å². The zero-order valence-corrected chi connectivity index (χ0v) is 14.7. The van der Waals surface area contributed by atoms with Crippen molar-refractivity contribution in [1.29, 1.82) is 0 Å². The summed E-state index contributed by atoms with van der Waals surface area (Å²) in [6.45, 7) is 4.06. The first-order valence-electron chi connectivity index (χ1n) is 8.82. The third kappa shape index (κ3) is 3.42. The van der Waals surface area contributed by atoms with Gasteiger partial charge >= 0.3 is 0 Å². The Bertz CT molecular complexity index is 870. The normalized spacial score (nSPS) is 20.7. The Morgan fingerprint density at radius 3 is 2.88 bits per heavy atom. The summed E-state index contributed by atoms with van der Waals surface area (Å²) in [5, 5.41) is 20.3. The van der Waals surface area contributed by atoms with Gasteiger partial charge in [0.25, 0.3) is 0 Å². The maximum Gasteiger partial charge on any atom is 0.206 e. The van der Waals surface area contributed by atoms with Gasteiger partial charge < -0.3 is 9.64 Å². The van der Waals surface area contributed by atoms with Crippen LogP contribution in [0.4, 0.5) is 4.39 Å². The van der Waals surface area contributed by atoms with Crippen molar-refractivity contribution >= 4 is 11.0 Å². The number of methoxy groups -OCH3 is 1. The van der Waals surface area contributed by atoms with Crippen LogP contribution in [0.25, 0.3) is 11.0 Å². The SMILES string of the molecule is COCCn1nnnc1C[NH+]1CCC(n2nnc3cc(F)ccc32)CC1. The highest BCUT2D eigenvalue weighted by atomic mass is 19.1. The minimum atomic E-state index is -0.282. The van der Waals surface area contributed by atoms with E-state index in [0.717, 1.165) is 43.8 Å². The maximum absolute atomic E-state index is 13.3. The molecule has 0 atom stereocenters. The molecule has 1 aliphatic heterocycles. The van der Waals surface area contributed by atoms with Crippen LogP contribution >= 0.6 is 0 Å². The second-order valence-electron chi connectivity index (χ2n) is 6.64. The molecular weight excluding hydrogens is 339 g/mol. The Balaban J connectivity index is 1.39.